The van der Waals surface area contributed by atoms with Crippen molar-refractivity contribution in [2.75, 3.05) is 28.8 Å². The maximum absolute atomic E-state index is 12.5. The fourth-order valence-corrected chi connectivity index (χ4v) is 4.19. The highest BCUT2D eigenvalue weighted by Crippen LogP contribution is 2.34. The highest BCUT2D eigenvalue weighted by Gasteiger charge is 2.30. The summed E-state index contributed by atoms with van der Waals surface area (Å²) in [4.78, 5) is 38.0. The van der Waals surface area contributed by atoms with E-state index < -0.39 is 39.1 Å². The number of anilines is 2. The van der Waals surface area contributed by atoms with Crippen molar-refractivity contribution >= 4 is 38.8 Å². The van der Waals surface area contributed by atoms with Gasteiger partial charge >= 0.3 is 0 Å². The topological polar surface area (TPSA) is 110 Å². The molecule has 3 rings (SSSR count). The predicted octanol–water partition coefficient (Wildman–Crippen LogP) is 1.97. The summed E-state index contributed by atoms with van der Waals surface area (Å²) in [6.45, 7) is 3.51. The average molecular weight is 430 g/mol. The Kier molecular flexibility index (Phi) is 5.93. The molecule has 158 valence electrons. The highest BCUT2D eigenvalue weighted by molar-refractivity contribution is 7.92. The minimum Gasteiger partial charge on any atom is -0.479 e. The standard InChI is InChI=1S/C21H22N2O6S/c1-13-4-7-16(8-5-13)22-20(25)12-30(27,28)11-18(24)15-6-9-19-17(10-15)23(3)21(26)14(2)29-19/h4-10,14H,11-12H2,1-3H3,(H,22,25). The van der Waals surface area contributed by atoms with Crippen LogP contribution >= 0.6 is 0 Å². The Labute approximate surface area is 174 Å². The Morgan fingerprint density at radius 1 is 1.10 bits per heavy atom. The summed E-state index contributed by atoms with van der Waals surface area (Å²) in [5.74, 6) is -2.85. The number of ketones is 1. The molecule has 1 aliphatic rings. The summed E-state index contributed by atoms with van der Waals surface area (Å²) in [6, 6.07) is 11.3. The number of nitrogens with one attached hydrogen (secondary N) is 1. The van der Waals surface area contributed by atoms with Crippen LogP contribution in [-0.4, -0.2) is 50.7 Å². The lowest BCUT2D eigenvalue weighted by atomic mass is 10.1. The van der Waals surface area contributed by atoms with Crippen molar-refractivity contribution in [3.63, 3.8) is 0 Å². The molecule has 0 saturated heterocycles. The third-order valence-corrected chi connectivity index (χ3v) is 6.07. The Morgan fingerprint density at radius 2 is 1.77 bits per heavy atom. The zero-order valence-corrected chi connectivity index (χ0v) is 17.7. The van der Waals surface area contributed by atoms with E-state index in [-0.39, 0.29) is 11.5 Å². The van der Waals surface area contributed by atoms with Gasteiger partial charge in [0.1, 0.15) is 17.3 Å². The van der Waals surface area contributed by atoms with Gasteiger partial charge in [0, 0.05) is 18.3 Å². The maximum atomic E-state index is 12.5. The maximum Gasteiger partial charge on any atom is 0.267 e. The van der Waals surface area contributed by atoms with Crippen molar-refractivity contribution in [2.45, 2.75) is 20.0 Å². The van der Waals surface area contributed by atoms with Crippen LogP contribution < -0.4 is 15.0 Å². The van der Waals surface area contributed by atoms with E-state index >= 15 is 0 Å². The molecule has 1 heterocycles. The minimum absolute atomic E-state index is 0.120. The van der Waals surface area contributed by atoms with Crippen LogP contribution in [0.1, 0.15) is 22.8 Å². The fraction of sp³-hybridized carbons (Fsp3) is 0.286. The Bertz CT molecular complexity index is 1110. The van der Waals surface area contributed by atoms with Crippen LogP contribution in [0.5, 0.6) is 5.75 Å². The summed E-state index contributed by atoms with van der Waals surface area (Å²) in [5.41, 5.74) is 1.99. The van der Waals surface area contributed by atoms with Crippen molar-refractivity contribution in [1.82, 2.24) is 0 Å². The van der Waals surface area contributed by atoms with Gasteiger partial charge in [0.2, 0.25) is 5.91 Å². The summed E-state index contributed by atoms with van der Waals surface area (Å²) in [7, 11) is -2.43. The number of amides is 2. The molecule has 9 heteroatoms. The smallest absolute Gasteiger partial charge is 0.267 e. The van der Waals surface area contributed by atoms with Crippen molar-refractivity contribution in [1.29, 1.82) is 0 Å². The van der Waals surface area contributed by atoms with Crippen LogP contribution in [0.15, 0.2) is 42.5 Å². The lowest BCUT2D eigenvalue weighted by molar-refractivity contribution is -0.125. The highest BCUT2D eigenvalue weighted by atomic mass is 32.2. The van der Waals surface area contributed by atoms with Gasteiger partial charge in [-0.2, -0.15) is 0 Å². The van der Waals surface area contributed by atoms with E-state index in [0.29, 0.717) is 17.1 Å². The molecule has 2 aromatic carbocycles. The van der Waals surface area contributed by atoms with Crippen molar-refractivity contribution in [3.8, 4) is 5.75 Å². The normalized spacial score (nSPS) is 15.9. The van der Waals surface area contributed by atoms with Crippen molar-refractivity contribution < 1.29 is 27.5 Å². The number of carbonyl (C=O) groups excluding carboxylic acids is 3. The Morgan fingerprint density at radius 3 is 2.43 bits per heavy atom. The molecule has 0 spiro atoms. The quantitative estimate of drug-likeness (QED) is 0.702. The lowest BCUT2D eigenvalue weighted by Gasteiger charge is -2.30. The van der Waals surface area contributed by atoms with E-state index in [9.17, 15) is 22.8 Å². The summed E-state index contributed by atoms with van der Waals surface area (Å²) in [6.07, 6.45) is -0.642. The van der Waals surface area contributed by atoms with Crippen LogP contribution in [-0.2, 0) is 19.4 Å². The van der Waals surface area contributed by atoms with Crippen molar-refractivity contribution in [3.05, 3.63) is 53.6 Å². The largest absolute Gasteiger partial charge is 0.479 e. The number of hydrogen-bond acceptors (Lipinski definition) is 6. The SMILES string of the molecule is Cc1ccc(NC(=O)CS(=O)(=O)CC(=O)c2ccc3c(c2)N(C)C(=O)C(C)O3)cc1. The van der Waals surface area contributed by atoms with Gasteiger partial charge in [-0.25, -0.2) is 8.42 Å². The van der Waals surface area contributed by atoms with E-state index in [1.807, 2.05) is 6.92 Å². The molecule has 0 radical (unpaired) electrons. The van der Waals surface area contributed by atoms with Gasteiger partial charge in [0.25, 0.3) is 5.91 Å². The second-order valence-electron chi connectivity index (χ2n) is 7.21. The monoisotopic (exact) mass is 430 g/mol. The number of benzene rings is 2. The molecule has 0 saturated carbocycles. The first-order chi connectivity index (χ1) is 14.1. The van der Waals surface area contributed by atoms with Gasteiger partial charge in [-0.1, -0.05) is 17.7 Å². The molecular weight excluding hydrogens is 408 g/mol. The molecule has 0 aliphatic carbocycles. The molecule has 1 N–H and O–H groups in total. The average Bonchev–Trinajstić information content (AvgIpc) is 2.67. The van der Waals surface area contributed by atoms with Crippen molar-refractivity contribution in [2.24, 2.45) is 0 Å². The van der Waals surface area contributed by atoms with Crippen LogP contribution in [0.25, 0.3) is 0 Å². The number of fused-ring (bicyclic) bond motifs is 1. The van der Waals surface area contributed by atoms with Crippen LogP contribution in [0.4, 0.5) is 11.4 Å². The van der Waals surface area contributed by atoms with Gasteiger partial charge < -0.3 is 15.0 Å². The number of sulfone groups is 1. The number of aryl methyl sites for hydroxylation is 1. The summed E-state index contributed by atoms with van der Waals surface area (Å²) < 4.78 is 30.2. The van der Waals surface area contributed by atoms with Crippen LogP contribution in [0.2, 0.25) is 0 Å². The predicted molar refractivity (Wildman–Crippen MR) is 113 cm³/mol. The third kappa shape index (κ3) is 4.85. The first kappa shape index (κ1) is 21.5. The molecule has 30 heavy (non-hydrogen) atoms. The molecule has 1 aliphatic heterocycles. The van der Waals surface area contributed by atoms with Gasteiger partial charge in [0.15, 0.2) is 21.7 Å². The Balaban J connectivity index is 1.68. The number of ether oxygens (including phenoxy) is 1. The molecule has 1 unspecified atom stereocenters. The van der Waals surface area contributed by atoms with E-state index in [2.05, 4.69) is 5.32 Å². The van der Waals surface area contributed by atoms with Gasteiger partial charge in [-0.05, 0) is 44.2 Å². The van der Waals surface area contributed by atoms with Crippen LogP contribution in [0.3, 0.4) is 0 Å². The van der Waals surface area contributed by atoms with E-state index in [0.717, 1.165) is 5.56 Å². The fourth-order valence-electron chi connectivity index (χ4n) is 3.05. The molecule has 8 nitrogen and oxygen atoms in total. The first-order valence-electron chi connectivity index (χ1n) is 9.24. The molecule has 0 fully saturated rings. The minimum atomic E-state index is -3.98. The van der Waals surface area contributed by atoms with Crippen LogP contribution in [0, 0.1) is 6.92 Å². The second-order valence-corrected chi connectivity index (χ2v) is 9.27. The molecule has 0 bridgehead atoms. The molecule has 2 amide bonds. The second kappa shape index (κ2) is 8.27. The van der Waals surface area contributed by atoms with E-state index in [1.54, 1.807) is 38.2 Å². The zero-order valence-electron chi connectivity index (χ0n) is 16.8. The number of hydrogen-bond donors (Lipinski definition) is 1. The molecule has 1 atom stereocenters. The number of Topliss-reactive ketones (excluding diaryl/α,β-unsaturated/α-hetero) is 1. The molecular formula is C21H22N2O6S. The van der Waals surface area contributed by atoms with E-state index in [1.165, 1.54) is 23.1 Å². The van der Waals surface area contributed by atoms with Gasteiger partial charge in [-0.15, -0.1) is 0 Å². The van der Waals surface area contributed by atoms with E-state index in [4.69, 9.17) is 4.74 Å². The third-order valence-electron chi connectivity index (χ3n) is 4.66. The van der Waals surface area contributed by atoms with Gasteiger partial charge in [0.05, 0.1) is 5.69 Å². The Hall–Kier alpha value is -3.20. The lowest BCUT2D eigenvalue weighted by Crippen LogP contribution is -2.42. The van der Waals surface area contributed by atoms with Gasteiger partial charge in [-0.3, -0.25) is 14.4 Å². The zero-order chi connectivity index (χ0) is 22.1. The number of rotatable bonds is 6. The summed E-state index contributed by atoms with van der Waals surface area (Å²) in [5, 5.41) is 2.50. The number of carbonyl (C=O) groups is 3. The molecule has 2 aromatic rings. The molecule has 0 aromatic heterocycles. The number of nitrogens with zero attached hydrogens (tertiary/aromatic N) is 1. The summed E-state index contributed by atoms with van der Waals surface area (Å²) >= 11 is 0. The number of likely N-dealkylation sites (N-methyl/N-ethyl adjacent to an activating group) is 1. The first-order valence-corrected chi connectivity index (χ1v) is 11.1.